The number of rotatable bonds is 1. The molecule has 0 aliphatic carbocycles. The number of hydrogen-bond acceptors (Lipinski definition) is 3. The SMILES string of the molecule is O=c1cc(-c2ccccn2)[n-]c(=O)[nH]1.[Ir]. The summed E-state index contributed by atoms with van der Waals surface area (Å²) >= 11 is 0. The standard InChI is InChI=1S/C9H7N3O2.Ir/c13-8-5-7(11-9(14)12-8)6-3-1-2-4-10-6;/h1-5H,(H2,11,12,13,14);/p-1. The van der Waals surface area contributed by atoms with E-state index in [-0.39, 0.29) is 20.1 Å². The van der Waals surface area contributed by atoms with Crippen LogP contribution in [0.1, 0.15) is 0 Å². The number of nitrogens with one attached hydrogen (secondary N) is 1. The quantitative estimate of drug-likeness (QED) is 0.740. The van der Waals surface area contributed by atoms with Gasteiger partial charge in [-0.3, -0.25) is 14.6 Å². The van der Waals surface area contributed by atoms with Crippen molar-refractivity contribution in [2.75, 3.05) is 0 Å². The first-order valence-corrected chi connectivity index (χ1v) is 3.95. The average molecular weight is 380 g/mol. The molecule has 0 unspecified atom stereocenters. The molecule has 2 rings (SSSR count). The predicted octanol–water partition coefficient (Wildman–Crippen LogP) is -0.248. The second-order valence-electron chi connectivity index (χ2n) is 2.65. The summed E-state index contributed by atoms with van der Waals surface area (Å²) in [6.45, 7) is 0. The Kier molecular flexibility index (Phi) is 3.71. The van der Waals surface area contributed by atoms with E-state index < -0.39 is 11.2 Å². The van der Waals surface area contributed by atoms with Gasteiger partial charge in [0.25, 0.3) is 0 Å². The van der Waals surface area contributed by atoms with E-state index in [1.54, 1.807) is 24.4 Å². The molecule has 79 valence electrons. The summed E-state index contributed by atoms with van der Waals surface area (Å²) in [6, 6.07) is 6.43. The maximum absolute atomic E-state index is 11.0. The Morgan fingerprint density at radius 1 is 1.27 bits per heavy atom. The van der Waals surface area contributed by atoms with Gasteiger partial charge in [-0.15, -0.1) is 0 Å². The zero-order valence-corrected chi connectivity index (χ0v) is 9.83. The van der Waals surface area contributed by atoms with E-state index in [0.717, 1.165) is 0 Å². The molecule has 0 aromatic carbocycles. The largest absolute Gasteiger partial charge is 0.399 e. The number of pyridine rings is 1. The molecule has 0 saturated carbocycles. The van der Waals surface area contributed by atoms with E-state index in [0.29, 0.717) is 11.4 Å². The van der Waals surface area contributed by atoms with Crippen LogP contribution < -0.4 is 16.2 Å². The van der Waals surface area contributed by atoms with Crippen molar-refractivity contribution in [3.8, 4) is 11.4 Å². The van der Waals surface area contributed by atoms with Gasteiger partial charge in [-0.25, -0.2) is 0 Å². The Bertz CT molecular complexity index is 519. The van der Waals surface area contributed by atoms with Gasteiger partial charge in [0, 0.05) is 26.3 Å². The minimum Gasteiger partial charge on any atom is -0.399 e. The van der Waals surface area contributed by atoms with Gasteiger partial charge in [-0.05, 0) is 23.9 Å². The van der Waals surface area contributed by atoms with Gasteiger partial charge >= 0.3 is 0 Å². The maximum Gasteiger partial charge on any atom is 0.171 e. The van der Waals surface area contributed by atoms with Gasteiger partial charge < -0.3 is 9.97 Å². The Morgan fingerprint density at radius 2 is 2.07 bits per heavy atom. The molecule has 0 spiro atoms. The molecule has 2 heterocycles. The van der Waals surface area contributed by atoms with Crippen molar-refractivity contribution in [1.29, 1.82) is 0 Å². The third-order valence-electron chi connectivity index (χ3n) is 1.65. The zero-order valence-electron chi connectivity index (χ0n) is 7.43. The molecule has 0 fully saturated rings. The Labute approximate surface area is 97.9 Å². The Balaban J connectivity index is 0.00000112. The summed E-state index contributed by atoms with van der Waals surface area (Å²) in [5, 5.41) is 0. The zero-order chi connectivity index (χ0) is 9.97. The van der Waals surface area contributed by atoms with Crippen LogP contribution in [0.3, 0.4) is 0 Å². The fourth-order valence-corrected chi connectivity index (χ4v) is 1.08. The summed E-state index contributed by atoms with van der Waals surface area (Å²) < 4.78 is 0. The van der Waals surface area contributed by atoms with E-state index in [1.165, 1.54) is 6.07 Å². The normalized spacial score (nSPS) is 9.33. The first-order valence-electron chi connectivity index (χ1n) is 3.95. The van der Waals surface area contributed by atoms with Crippen molar-refractivity contribution >= 4 is 0 Å². The van der Waals surface area contributed by atoms with E-state index in [2.05, 4.69) is 9.97 Å². The topological polar surface area (TPSA) is 76.9 Å². The van der Waals surface area contributed by atoms with Crippen molar-refractivity contribution in [3.05, 3.63) is 51.3 Å². The van der Waals surface area contributed by atoms with E-state index >= 15 is 0 Å². The molecule has 0 atom stereocenters. The molecule has 0 amide bonds. The van der Waals surface area contributed by atoms with Crippen LogP contribution >= 0.6 is 0 Å². The average Bonchev–Trinajstić information content (AvgIpc) is 2.18. The van der Waals surface area contributed by atoms with Gasteiger partial charge in [-0.1, -0.05) is 6.07 Å². The molecular weight excluding hydrogens is 374 g/mol. The number of hydrogen-bond donors (Lipinski definition) is 1. The van der Waals surface area contributed by atoms with Crippen LogP contribution in [0, 0.1) is 0 Å². The number of H-pyrrole nitrogens is 1. The van der Waals surface area contributed by atoms with Crippen LogP contribution in [-0.2, 0) is 20.1 Å². The third kappa shape index (κ3) is 2.71. The molecule has 5 nitrogen and oxygen atoms in total. The molecule has 0 saturated heterocycles. The molecule has 0 bridgehead atoms. The van der Waals surface area contributed by atoms with Crippen LogP contribution in [0.25, 0.3) is 11.4 Å². The summed E-state index contributed by atoms with van der Waals surface area (Å²) in [6.07, 6.45) is 1.57. The van der Waals surface area contributed by atoms with Gasteiger partial charge in [0.05, 0.1) is 5.69 Å². The number of aromatic amines is 1. The first-order chi connectivity index (χ1) is 6.75. The van der Waals surface area contributed by atoms with E-state index in [9.17, 15) is 9.59 Å². The van der Waals surface area contributed by atoms with Crippen LogP contribution in [0.2, 0.25) is 0 Å². The Hall–Kier alpha value is -1.52. The maximum atomic E-state index is 11.0. The van der Waals surface area contributed by atoms with Gasteiger partial charge in [0.15, 0.2) is 11.2 Å². The molecule has 15 heavy (non-hydrogen) atoms. The van der Waals surface area contributed by atoms with Gasteiger partial charge in [-0.2, -0.15) is 0 Å². The van der Waals surface area contributed by atoms with Crippen molar-refractivity contribution < 1.29 is 20.1 Å². The molecule has 1 radical (unpaired) electrons. The summed E-state index contributed by atoms with van der Waals surface area (Å²) in [5.74, 6) is 0. The van der Waals surface area contributed by atoms with Crippen molar-refractivity contribution in [2.24, 2.45) is 0 Å². The predicted molar refractivity (Wildman–Crippen MR) is 49.9 cm³/mol. The molecule has 1 N–H and O–H groups in total. The first kappa shape index (κ1) is 11.6. The minimum absolute atomic E-state index is 0. The summed E-state index contributed by atoms with van der Waals surface area (Å²) in [4.78, 5) is 31.5. The minimum atomic E-state index is -0.654. The van der Waals surface area contributed by atoms with Crippen LogP contribution in [-0.4, -0.2) is 9.97 Å². The van der Waals surface area contributed by atoms with E-state index in [4.69, 9.17) is 0 Å². The fraction of sp³-hybridized carbons (Fsp3) is 0. The number of nitrogens with zero attached hydrogens (tertiary/aromatic N) is 2. The molecule has 2 aromatic heterocycles. The van der Waals surface area contributed by atoms with Crippen LogP contribution in [0.4, 0.5) is 0 Å². The molecule has 0 aliphatic rings. The Morgan fingerprint density at radius 3 is 2.67 bits per heavy atom. The van der Waals surface area contributed by atoms with Crippen molar-refractivity contribution in [1.82, 2.24) is 15.0 Å². The summed E-state index contributed by atoms with van der Waals surface area (Å²) in [7, 11) is 0. The van der Waals surface area contributed by atoms with E-state index in [1.807, 2.05) is 4.98 Å². The van der Waals surface area contributed by atoms with Crippen LogP contribution in [0.15, 0.2) is 40.1 Å². The van der Waals surface area contributed by atoms with Crippen LogP contribution in [0.5, 0.6) is 0 Å². The summed E-state index contributed by atoms with van der Waals surface area (Å²) in [5.41, 5.74) is -0.321. The fourth-order valence-electron chi connectivity index (χ4n) is 1.08. The molecule has 0 aliphatic heterocycles. The molecule has 6 heteroatoms. The molecule has 2 aromatic rings. The molecular formula is C9H6IrN3O2-. The van der Waals surface area contributed by atoms with Crippen molar-refractivity contribution in [3.63, 3.8) is 0 Å². The monoisotopic (exact) mass is 381 g/mol. The van der Waals surface area contributed by atoms with Gasteiger partial charge in [0.2, 0.25) is 0 Å². The van der Waals surface area contributed by atoms with Gasteiger partial charge in [0.1, 0.15) is 0 Å². The third-order valence-corrected chi connectivity index (χ3v) is 1.65. The van der Waals surface area contributed by atoms with Crippen molar-refractivity contribution in [2.45, 2.75) is 0 Å². The smallest absolute Gasteiger partial charge is 0.171 e. The number of aromatic nitrogens is 3. The second-order valence-corrected chi connectivity index (χ2v) is 2.65. The second kappa shape index (κ2) is 4.82.